The summed E-state index contributed by atoms with van der Waals surface area (Å²) in [4.78, 5) is 70.0. The standard InChI is InChI=1S/C37H43NO10/c1-21-15-16-36(6,7)33(48-35(43)27-14-11-17-38-20-27)28(45-24(4)39)18-22(2)30(46-25(5)40)29-31(23(3)19-37(29,44)32(21)41)47-34(42)26-12-9-8-10-13-26/h8-17,20-21,23,28-31,33,44H,2,18-19H2,1,3-7H3/b16-15+/t21-,23-,28+,29-,30-,31-,33+,37+/m0/s1. The number of allylic oxidation sites excluding steroid dienone is 1. The molecule has 1 aromatic carbocycles. The van der Waals surface area contributed by atoms with Crippen LogP contribution in [0.1, 0.15) is 75.1 Å². The molecule has 8 atom stereocenters. The van der Waals surface area contributed by atoms with E-state index < -0.39 is 82.8 Å². The summed E-state index contributed by atoms with van der Waals surface area (Å²) in [6.07, 6.45) is 1.09. The van der Waals surface area contributed by atoms with Gasteiger partial charge in [0.15, 0.2) is 5.78 Å². The summed E-state index contributed by atoms with van der Waals surface area (Å²) in [5, 5.41) is 12.3. The summed E-state index contributed by atoms with van der Waals surface area (Å²) in [6.45, 7) is 13.4. The predicted octanol–water partition coefficient (Wildman–Crippen LogP) is 4.83. The van der Waals surface area contributed by atoms with E-state index in [0.29, 0.717) is 0 Å². The van der Waals surface area contributed by atoms with Crippen LogP contribution < -0.4 is 0 Å². The van der Waals surface area contributed by atoms with Crippen molar-refractivity contribution in [3.8, 4) is 0 Å². The summed E-state index contributed by atoms with van der Waals surface area (Å²) in [6, 6.07) is 11.4. The van der Waals surface area contributed by atoms with Gasteiger partial charge in [0.25, 0.3) is 0 Å². The van der Waals surface area contributed by atoms with E-state index >= 15 is 0 Å². The van der Waals surface area contributed by atoms with E-state index in [1.165, 1.54) is 32.3 Å². The first-order valence-electron chi connectivity index (χ1n) is 15.9. The molecule has 0 unspecified atom stereocenters. The van der Waals surface area contributed by atoms with E-state index in [1.54, 1.807) is 76.2 Å². The van der Waals surface area contributed by atoms with Gasteiger partial charge in [0, 0.05) is 44.0 Å². The van der Waals surface area contributed by atoms with Gasteiger partial charge in [-0.05, 0) is 42.2 Å². The molecule has 2 aliphatic carbocycles. The number of pyridine rings is 1. The smallest absolute Gasteiger partial charge is 0.340 e. The highest BCUT2D eigenvalue weighted by Gasteiger charge is 2.62. The number of ether oxygens (including phenoxy) is 4. The summed E-state index contributed by atoms with van der Waals surface area (Å²) >= 11 is 0. The van der Waals surface area contributed by atoms with Crippen LogP contribution in [0.4, 0.5) is 0 Å². The average Bonchev–Trinajstić information content (AvgIpc) is 3.29. The fraction of sp³-hybridized carbons (Fsp3) is 0.459. The second-order valence-corrected chi connectivity index (χ2v) is 13.3. The molecule has 0 radical (unpaired) electrons. The van der Waals surface area contributed by atoms with Gasteiger partial charge in [0.05, 0.1) is 17.0 Å². The van der Waals surface area contributed by atoms with E-state index in [4.69, 9.17) is 18.9 Å². The Kier molecular flexibility index (Phi) is 11.0. The Hall–Kier alpha value is -4.64. The molecule has 0 amide bonds. The zero-order valence-corrected chi connectivity index (χ0v) is 28.1. The minimum Gasteiger partial charge on any atom is -0.458 e. The summed E-state index contributed by atoms with van der Waals surface area (Å²) in [5.41, 5.74) is -2.58. The van der Waals surface area contributed by atoms with E-state index in [2.05, 4.69) is 11.6 Å². The first kappa shape index (κ1) is 36.2. The Morgan fingerprint density at radius 3 is 2.12 bits per heavy atom. The van der Waals surface area contributed by atoms with Gasteiger partial charge in [0.1, 0.15) is 30.0 Å². The predicted molar refractivity (Wildman–Crippen MR) is 173 cm³/mol. The number of hydrogen-bond acceptors (Lipinski definition) is 11. The van der Waals surface area contributed by atoms with Crippen molar-refractivity contribution in [3.63, 3.8) is 0 Å². The van der Waals surface area contributed by atoms with Crippen LogP contribution in [0, 0.1) is 23.2 Å². The maximum Gasteiger partial charge on any atom is 0.340 e. The molecule has 0 bridgehead atoms. The quantitative estimate of drug-likeness (QED) is 0.257. The number of carbonyl (C=O) groups is 5. The molecule has 0 saturated heterocycles. The molecule has 1 aromatic heterocycles. The van der Waals surface area contributed by atoms with Crippen LogP contribution in [0.15, 0.2) is 79.2 Å². The average molecular weight is 662 g/mol. The van der Waals surface area contributed by atoms with Crippen molar-refractivity contribution in [2.75, 3.05) is 0 Å². The summed E-state index contributed by atoms with van der Waals surface area (Å²) in [7, 11) is 0. The summed E-state index contributed by atoms with van der Waals surface area (Å²) in [5.74, 6) is -6.10. The highest BCUT2D eigenvalue weighted by atomic mass is 16.6. The third kappa shape index (κ3) is 7.90. The summed E-state index contributed by atoms with van der Waals surface area (Å²) < 4.78 is 23.6. The Balaban J connectivity index is 1.86. The van der Waals surface area contributed by atoms with Crippen molar-refractivity contribution < 1.29 is 48.0 Å². The molecule has 256 valence electrons. The number of aromatic nitrogens is 1. The number of ketones is 1. The van der Waals surface area contributed by atoms with Gasteiger partial charge in [0.2, 0.25) is 0 Å². The lowest BCUT2D eigenvalue weighted by atomic mass is 9.73. The molecule has 2 aromatic rings. The Bertz CT molecular complexity index is 1570. The van der Waals surface area contributed by atoms with Crippen LogP contribution in [0.2, 0.25) is 0 Å². The van der Waals surface area contributed by atoms with E-state index in [0.717, 1.165) is 0 Å². The van der Waals surface area contributed by atoms with E-state index in [-0.39, 0.29) is 29.5 Å². The van der Waals surface area contributed by atoms with Gasteiger partial charge in [-0.25, -0.2) is 9.59 Å². The Labute approximate surface area is 280 Å². The monoisotopic (exact) mass is 661 g/mol. The number of Topliss-reactive ketones (excluding diaryl/α,β-unsaturated/α-hetero) is 1. The zero-order valence-electron chi connectivity index (χ0n) is 28.1. The van der Waals surface area contributed by atoms with Gasteiger partial charge in [-0.1, -0.05) is 64.6 Å². The maximum absolute atomic E-state index is 14.2. The van der Waals surface area contributed by atoms with Crippen molar-refractivity contribution in [3.05, 3.63) is 90.3 Å². The van der Waals surface area contributed by atoms with Crippen LogP contribution in [0.3, 0.4) is 0 Å². The van der Waals surface area contributed by atoms with E-state index in [1.807, 2.05) is 0 Å². The van der Waals surface area contributed by atoms with Crippen molar-refractivity contribution >= 4 is 29.7 Å². The lowest BCUT2D eigenvalue weighted by molar-refractivity contribution is -0.166. The number of esters is 4. The van der Waals surface area contributed by atoms with Crippen LogP contribution in [0.25, 0.3) is 0 Å². The molecule has 1 saturated carbocycles. The number of aliphatic hydroxyl groups is 1. The molecular formula is C37H43NO10. The van der Waals surface area contributed by atoms with Gasteiger partial charge in [-0.2, -0.15) is 0 Å². The van der Waals surface area contributed by atoms with Crippen molar-refractivity contribution in [2.45, 2.75) is 84.4 Å². The maximum atomic E-state index is 14.2. The zero-order chi connectivity index (χ0) is 35.4. The highest BCUT2D eigenvalue weighted by molar-refractivity contribution is 5.92. The fourth-order valence-electron chi connectivity index (χ4n) is 6.74. The number of hydrogen-bond donors (Lipinski definition) is 1. The first-order chi connectivity index (χ1) is 22.5. The molecule has 11 heteroatoms. The Morgan fingerprint density at radius 2 is 1.52 bits per heavy atom. The lowest BCUT2D eigenvalue weighted by Crippen LogP contribution is -2.54. The van der Waals surface area contributed by atoms with Crippen molar-refractivity contribution in [1.29, 1.82) is 0 Å². The van der Waals surface area contributed by atoms with Crippen molar-refractivity contribution in [1.82, 2.24) is 4.98 Å². The normalized spacial score (nSPS) is 30.9. The number of benzene rings is 1. The topological polar surface area (TPSA) is 155 Å². The number of carbonyl (C=O) groups excluding carboxylic acids is 5. The number of nitrogens with zero attached hydrogens (tertiary/aromatic N) is 1. The van der Waals surface area contributed by atoms with Crippen LogP contribution in [-0.2, 0) is 33.3 Å². The van der Waals surface area contributed by atoms with Gasteiger partial charge in [-0.3, -0.25) is 19.4 Å². The highest BCUT2D eigenvalue weighted by Crippen LogP contribution is 2.49. The lowest BCUT2D eigenvalue weighted by Gasteiger charge is -2.41. The Morgan fingerprint density at radius 1 is 0.896 bits per heavy atom. The SMILES string of the molecule is C=C1C[C@@H](OC(C)=O)[C@@H](OC(=O)c2cccnc2)C(C)(C)/C=C/[C@H](C)C(=O)[C@@]2(O)C[C@H](C)[C@H](OC(=O)c3ccccc3)[C@@H]2[C@H]1OC(C)=O. The number of rotatable bonds is 6. The molecular weight excluding hydrogens is 618 g/mol. The largest absolute Gasteiger partial charge is 0.458 e. The first-order valence-corrected chi connectivity index (χ1v) is 15.9. The third-order valence-electron chi connectivity index (χ3n) is 9.01. The van der Waals surface area contributed by atoms with E-state index in [9.17, 15) is 29.1 Å². The molecule has 1 N–H and O–H groups in total. The van der Waals surface area contributed by atoms with Crippen LogP contribution in [0.5, 0.6) is 0 Å². The van der Waals surface area contributed by atoms with Gasteiger partial charge >= 0.3 is 23.9 Å². The van der Waals surface area contributed by atoms with Gasteiger partial charge in [-0.15, -0.1) is 0 Å². The van der Waals surface area contributed by atoms with Crippen LogP contribution >= 0.6 is 0 Å². The van der Waals surface area contributed by atoms with Crippen molar-refractivity contribution in [2.24, 2.45) is 23.2 Å². The van der Waals surface area contributed by atoms with Crippen LogP contribution in [-0.4, -0.2) is 69.8 Å². The third-order valence-corrected chi connectivity index (χ3v) is 9.01. The second-order valence-electron chi connectivity index (χ2n) is 13.3. The number of fused-ring (bicyclic) bond motifs is 1. The second kappa shape index (κ2) is 14.6. The molecule has 48 heavy (non-hydrogen) atoms. The minimum atomic E-state index is -2.11. The molecule has 0 spiro atoms. The molecule has 0 aliphatic heterocycles. The molecule has 2 aliphatic rings. The van der Waals surface area contributed by atoms with Gasteiger partial charge < -0.3 is 24.1 Å². The minimum absolute atomic E-state index is 0.0887. The molecule has 1 fully saturated rings. The molecule has 11 nitrogen and oxygen atoms in total. The molecule has 4 rings (SSSR count). The molecule has 1 heterocycles. The fourth-order valence-corrected chi connectivity index (χ4v) is 6.74.